The molecule has 0 unspecified atom stereocenters. The van der Waals surface area contributed by atoms with E-state index in [2.05, 4.69) is 26.3 Å². The van der Waals surface area contributed by atoms with E-state index in [1.807, 2.05) is 36.4 Å². The van der Waals surface area contributed by atoms with Crippen molar-refractivity contribution in [3.8, 4) is 5.69 Å². The number of carbonyl (C=O) groups excluding carboxylic acids is 1. The summed E-state index contributed by atoms with van der Waals surface area (Å²) in [5.74, 6) is -0.490. The van der Waals surface area contributed by atoms with Gasteiger partial charge in [0.25, 0.3) is 5.56 Å². The summed E-state index contributed by atoms with van der Waals surface area (Å²) in [6.45, 7) is -0.0942. The van der Waals surface area contributed by atoms with E-state index < -0.39 is 23.7 Å². The molecule has 1 N–H and O–H groups in total. The van der Waals surface area contributed by atoms with Crippen molar-refractivity contribution >= 4 is 27.5 Å². The van der Waals surface area contributed by atoms with E-state index in [1.54, 1.807) is 35.3 Å². The first kappa shape index (κ1) is 20.5. The number of hydrogen-bond donors (Lipinski definition) is 1. The van der Waals surface area contributed by atoms with Gasteiger partial charge in [0.1, 0.15) is 6.54 Å². The first-order chi connectivity index (χ1) is 15.0. The van der Waals surface area contributed by atoms with Crippen LogP contribution in [0.15, 0.2) is 93.3 Å². The third kappa shape index (κ3) is 4.72. The molecule has 0 atom stereocenters. The van der Waals surface area contributed by atoms with E-state index in [9.17, 15) is 14.4 Å². The van der Waals surface area contributed by atoms with Gasteiger partial charge in [-0.15, -0.1) is 0 Å². The van der Waals surface area contributed by atoms with Crippen LogP contribution in [0.5, 0.6) is 0 Å². The Labute approximate surface area is 185 Å². The molecule has 0 aliphatic rings. The molecule has 0 saturated carbocycles. The van der Waals surface area contributed by atoms with Crippen LogP contribution in [-0.4, -0.2) is 24.8 Å². The molecule has 0 aliphatic carbocycles. The Morgan fingerprint density at radius 1 is 1.00 bits per heavy atom. The molecule has 0 fully saturated rings. The van der Waals surface area contributed by atoms with Crippen molar-refractivity contribution in [1.29, 1.82) is 0 Å². The van der Waals surface area contributed by atoms with Gasteiger partial charge >= 0.3 is 5.69 Å². The van der Waals surface area contributed by atoms with Crippen molar-refractivity contribution in [3.05, 3.63) is 110 Å². The van der Waals surface area contributed by atoms with Crippen LogP contribution in [0.4, 0.5) is 5.69 Å². The zero-order valence-electron chi connectivity index (χ0n) is 16.3. The van der Waals surface area contributed by atoms with E-state index in [-0.39, 0.29) is 0 Å². The monoisotopic (exact) mass is 479 g/mol. The summed E-state index contributed by atoms with van der Waals surface area (Å²) in [6.07, 6.45) is 4.84. The highest BCUT2D eigenvalue weighted by molar-refractivity contribution is 9.10. The molecule has 2 aromatic heterocycles. The molecule has 2 aromatic carbocycles. The number of nitrogens with zero attached hydrogens (tertiary/aromatic N) is 4. The van der Waals surface area contributed by atoms with Crippen LogP contribution in [0.1, 0.15) is 5.56 Å². The molecule has 4 aromatic rings. The number of rotatable bonds is 6. The average Bonchev–Trinajstić information content (AvgIpc) is 3.20. The van der Waals surface area contributed by atoms with Gasteiger partial charge in [-0.3, -0.25) is 18.7 Å². The number of hydrogen-bond acceptors (Lipinski definition) is 4. The Morgan fingerprint density at radius 3 is 2.48 bits per heavy atom. The van der Waals surface area contributed by atoms with Crippen molar-refractivity contribution in [1.82, 2.24) is 18.9 Å². The maximum absolute atomic E-state index is 12.8. The minimum Gasteiger partial charge on any atom is -0.323 e. The lowest BCUT2D eigenvalue weighted by atomic mass is 10.2. The second-order valence-corrected chi connectivity index (χ2v) is 7.72. The highest BCUT2D eigenvalue weighted by Crippen LogP contribution is 2.21. The molecule has 0 aliphatic heterocycles. The highest BCUT2D eigenvalue weighted by atomic mass is 79.9. The molecule has 0 bridgehead atoms. The first-order valence-corrected chi connectivity index (χ1v) is 10.2. The number of benzene rings is 2. The van der Waals surface area contributed by atoms with E-state index in [1.165, 1.54) is 16.8 Å². The van der Waals surface area contributed by atoms with Gasteiger partial charge in [0, 0.05) is 18.5 Å². The van der Waals surface area contributed by atoms with Gasteiger partial charge < -0.3 is 5.32 Å². The SMILES string of the molecule is O=C(Cn1c(=O)ccn(Cc2ccccc2)c1=O)Nc1ccccc1-n1cc(Br)cn1. The summed E-state index contributed by atoms with van der Waals surface area (Å²) < 4.78 is 4.73. The zero-order chi connectivity index (χ0) is 21.8. The van der Waals surface area contributed by atoms with Crippen LogP contribution in [0, 0.1) is 0 Å². The Bertz CT molecular complexity index is 1340. The van der Waals surface area contributed by atoms with Gasteiger partial charge in [0.2, 0.25) is 5.91 Å². The Hall–Kier alpha value is -3.72. The quantitative estimate of drug-likeness (QED) is 0.460. The van der Waals surface area contributed by atoms with Gasteiger partial charge in [0.05, 0.1) is 28.6 Å². The first-order valence-electron chi connectivity index (χ1n) is 9.45. The molecule has 31 heavy (non-hydrogen) atoms. The van der Waals surface area contributed by atoms with Crippen LogP contribution in [0.2, 0.25) is 0 Å². The summed E-state index contributed by atoms with van der Waals surface area (Å²) in [4.78, 5) is 37.8. The molecule has 4 rings (SSSR count). The summed E-state index contributed by atoms with van der Waals surface area (Å²) in [5, 5.41) is 7.00. The molecule has 0 spiro atoms. The van der Waals surface area contributed by atoms with Crippen LogP contribution in [0.25, 0.3) is 5.69 Å². The number of para-hydroxylation sites is 2. The maximum atomic E-state index is 12.8. The third-order valence-corrected chi connectivity index (χ3v) is 5.02. The molecule has 0 radical (unpaired) electrons. The van der Waals surface area contributed by atoms with Gasteiger partial charge in [-0.1, -0.05) is 42.5 Å². The fraction of sp³-hybridized carbons (Fsp3) is 0.0909. The summed E-state index contributed by atoms with van der Waals surface area (Å²) >= 11 is 3.35. The van der Waals surface area contributed by atoms with Crippen molar-refractivity contribution in [2.75, 3.05) is 5.32 Å². The van der Waals surface area contributed by atoms with E-state index in [0.29, 0.717) is 17.9 Å². The highest BCUT2D eigenvalue weighted by Gasteiger charge is 2.13. The van der Waals surface area contributed by atoms with Gasteiger partial charge in [-0.05, 0) is 33.6 Å². The van der Waals surface area contributed by atoms with E-state index in [4.69, 9.17) is 0 Å². The number of aromatic nitrogens is 4. The average molecular weight is 480 g/mol. The lowest BCUT2D eigenvalue weighted by Crippen LogP contribution is -2.41. The van der Waals surface area contributed by atoms with Crippen molar-refractivity contribution in [2.45, 2.75) is 13.1 Å². The van der Waals surface area contributed by atoms with Crippen LogP contribution < -0.4 is 16.6 Å². The lowest BCUT2D eigenvalue weighted by Gasteiger charge is -2.13. The normalized spacial score (nSPS) is 10.7. The summed E-state index contributed by atoms with van der Waals surface area (Å²) in [7, 11) is 0. The van der Waals surface area contributed by atoms with Gasteiger partial charge in [-0.2, -0.15) is 5.10 Å². The van der Waals surface area contributed by atoms with Crippen LogP contribution in [-0.2, 0) is 17.9 Å². The molecule has 9 heteroatoms. The van der Waals surface area contributed by atoms with Crippen LogP contribution in [0.3, 0.4) is 0 Å². The number of halogens is 1. The Morgan fingerprint density at radius 2 is 1.74 bits per heavy atom. The van der Waals surface area contributed by atoms with Crippen molar-refractivity contribution < 1.29 is 4.79 Å². The largest absolute Gasteiger partial charge is 0.331 e. The van der Waals surface area contributed by atoms with E-state index in [0.717, 1.165) is 14.6 Å². The number of amides is 1. The smallest absolute Gasteiger partial charge is 0.323 e. The van der Waals surface area contributed by atoms with E-state index >= 15 is 0 Å². The Balaban J connectivity index is 1.57. The van der Waals surface area contributed by atoms with Crippen LogP contribution >= 0.6 is 15.9 Å². The van der Waals surface area contributed by atoms with Crippen molar-refractivity contribution in [2.24, 2.45) is 0 Å². The fourth-order valence-electron chi connectivity index (χ4n) is 3.15. The fourth-order valence-corrected chi connectivity index (χ4v) is 3.43. The predicted octanol–water partition coefficient (Wildman–Crippen LogP) is 2.65. The topological polar surface area (TPSA) is 90.9 Å². The molecule has 0 saturated heterocycles. The Kier molecular flexibility index (Phi) is 5.94. The second kappa shape index (κ2) is 8.97. The van der Waals surface area contributed by atoms with Crippen molar-refractivity contribution in [3.63, 3.8) is 0 Å². The minimum absolute atomic E-state index is 0.304. The molecular formula is C22H18BrN5O3. The van der Waals surface area contributed by atoms with Gasteiger partial charge in [0.15, 0.2) is 0 Å². The number of nitrogens with one attached hydrogen (secondary N) is 1. The molecule has 8 nitrogen and oxygen atoms in total. The molecular weight excluding hydrogens is 462 g/mol. The predicted molar refractivity (Wildman–Crippen MR) is 120 cm³/mol. The summed E-state index contributed by atoms with van der Waals surface area (Å²) in [5.41, 5.74) is 1.00. The molecule has 156 valence electrons. The van der Waals surface area contributed by atoms with Gasteiger partial charge in [-0.25, -0.2) is 9.48 Å². The standard InChI is InChI=1S/C22H18BrN5O3/c23-17-12-24-28(14-17)19-9-5-4-8-18(19)25-20(29)15-27-21(30)10-11-26(22(27)31)13-16-6-2-1-3-7-16/h1-12,14H,13,15H2,(H,25,29). The lowest BCUT2D eigenvalue weighted by molar-refractivity contribution is -0.116. The third-order valence-electron chi connectivity index (χ3n) is 4.61. The maximum Gasteiger partial charge on any atom is 0.331 e. The zero-order valence-corrected chi connectivity index (χ0v) is 17.9. The molecule has 1 amide bonds. The minimum atomic E-state index is -0.546. The number of carbonyl (C=O) groups is 1. The number of anilines is 1. The molecule has 2 heterocycles. The second-order valence-electron chi connectivity index (χ2n) is 6.80. The summed E-state index contributed by atoms with van der Waals surface area (Å²) in [6, 6.07) is 17.8.